The van der Waals surface area contributed by atoms with E-state index >= 15 is 0 Å². The van der Waals surface area contributed by atoms with Crippen LogP contribution in [0.3, 0.4) is 0 Å². The maximum Gasteiger partial charge on any atom is 0.193 e. The van der Waals surface area contributed by atoms with Gasteiger partial charge < -0.3 is 23.4 Å². The van der Waals surface area contributed by atoms with E-state index in [1.165, 1.54) is 6.42 Å². The smallest absolute Gasteiger partial charge is 0.193 e. The van der Waals surface area contributed by atoms with Gasteiger partial charge in [-0.1, -0.05) is 38.8 Å². The molecule has 1 unspecified atom stereocenters. The maximum absolute atomic E-state index is 6.64. The minimum absolute atomic E-state index is 0.0192. The Hall–Kier alpha value is -1.36. The van der Waals surface area contributed by atoms with Crippen LogP contribution in [0.5, 0.6) is 5.75 Å². The van der Waals surface area contributed by atoms with Crippen LogP contribution in [0, 0.1) is 11.8 Å². The molecule has 2 rings (SSSR count). The van der Waals surface area contributed by atoms with Gasteiger partial charge in [0.05, 0.1) is 20.3 Å². The second-order valence-electron chi connectivity index (χ2n) is 10.5. The number of ether oxygens (including phenoxy) is 4. The first-order chi connectivity index (χ1) is 16.2. The predicted octanol–water partition coefficient (Wildman–Crippen LogP) is 6.71. The van der Waals surface area contributed by atoms with Crippen molar-refractivity contribution in [3.05, 3.63) is 29.8 Å². The molecule has 1 aromatic rings. The van der Waals surface area contributed by atoms with Crippen LogP contribution < -0.4 is 4.74 Å². The van der Waals surface area contributed by atoms with Crippen molar-refractivity contribution in [2.45, 2.75) is 103 Å². The van der Waals surface area contributed by atoms with Crippen LogP contribution in [0.1, 0.15) is 71.3 Å². The van der Waals surface area contributed by atoms with Crippen LogP contribution in [0.4, 0.5) is 0 Å². The fourth-order valence-electron chi connectivity index (χ4n) is 3.38. The molecule has 0 radical (unpaired) electrons. The molecule has 6 heteroatoms. The van der Waals surface area contributed by atoms with Crippen LogP contribution in [0.25, 0.3) is 0 Å². The Morgan fingerprint density at radius 3 is 2.50 bits per heavy atom. The Morgan fingerprint density at radius 2 is 1.85 bits per heavy atom. The first-order valence-corrected chi connectivity index (χ1v) is 15.7. The van der Waals surface area contributed by atoms with E-state index < -0.39 is 8.32 Å². The number of rotatable bonds is 13. The van der Waals surface area contributed by atoms with Crippen molar-refractivity contribution in [2.24, 2.45) is 0 Å². The van der Waals surface area contributed by atoms with Crippen molar-refractivity contribution >= 4 is 8.32 Å². The molecule has 0 bridgehead atoms. The third-order valence-corrected chi connectivity index (χ3v) is 11.1. The lowest BCUT2D eigenvalue weighted by molar-refractivity contribution is -0.162. The Labute approximate surface area is 209 Å². The van der Waals surface area contributed by atoms with Crippen molar-refractivity contribution in [3.63, 3.8) is 0 Å². The molecule has 0 saturated carbocycles. The van der Waals surface area contributed by atoms with Gasteiger partial charge in [-0.15, -0.1) is 5.92 Å². The summed E-state index contributed by atoms with van der Waals surface area (Å²) in [6, 6.07) is 8.00. The standard InChI is InChI=1S/C28H46O5Si/c1-28(2,3)34(5,6)33-26(13-8-7-10-21-31-27-15-9-11-22-32-27)14-12-20-30-23-24-16-18-25(29-4)19-17-24/h16-19,26-27H,7,9-12,14-15,20-23H2,1-6H3/t26-,27?/m0/s1. The Kier molecular flexibility index (Phi) is 12.7. The van der Waals surface area contributed by atoms with Gasteiger partial charge >= 0.3 is 0 Å². The quantitative estimate of drug-likeness (QED) is 0.175. The molecular formula is C28H46O5Si. The summed E-state index contributed by atoms with van der Waals surface area (Å²) in [4.78, 5) is 0. The van der Waals surface area contributed by atoms with Crippen molar-refractivity contribution in [1.29, 1.82) is 0 Å². The molecule has 34 heavy (non-hydrogen) atoms. The number of unbranched alkanes of at least 4 members (excludes halogenated alkanes) is 1. The average molecular weight is 491 g/mol. The van der Waals surface area contributed by atoms with Gasteiger partial charge in [-0.25, -0.2) is 0 Å². The van der Waals surface area contributed by atoms with Crippen LogP contribution in [-0.2, 0) is 25.2 Å². The molecule has 5 nitrogen and oxygen atoms in total. The van der Waals surface area contributed by atoms with Crippen LogP contribution in [0.2, 0.25) is 18.1 Å². The van der Waals surface area contributed by atoms with E-state index in [0.29, 0.717) is 19.8 Å². The van der Waals surface area contributed by atoms with Crippen molar-refractivity contribution in [2.75, 3.05) is 26.9 Å². The summed E-state index contributed by atoms with van der Waals surface area (Å²) in [5, 5.41) is 0.158. The number of methoxy groups -OCH3 is 1. The summed E-state index contributed by atoms with van der Waals surface area (Å²) in [5.74, 6) is 7.63. The van der Waals surface area contributed by atoms with Crippen LogP contribution in [0.15, 0.2) is 24.3 Å². The van der Waals surface area contributed by atoms with Crippen molar-refractivity contribution in [1.82, 2.24) is 0 Å². The van der Waals surface area contributed by atoms with Crippen molar-refractivity contribution < 1.29 is 23.4 Å². The lowest BCUT2D eigenvalue weighted by Gasteiger charge is -2.38. The fraction of sp³-hybridized carbons (Fsp3) is 0.714. The van der Waals surface area contributed by atoms with E-state index in [1.54, 1.807) is 7.11 Å². The van der Waals surface area contributed by atoms with Crippen LogP contribution >= 0.6 is 0 Å². The monoisotopic (exact) mass is 490 g/mol. The molecule has 1 heterocycles. The summed E-state index contributed by atoms with van der Waals surface area (Å²) < 4.78 is 29.2. The summed E-state index contributed by atoms with van der Waals surface area (Å²) in [6.45, 7) is 14.2. The summed E-state index contributed by atoms with van der Waals surface area (Å²) in [5.41, 5.74) is 1.15. The first-order valence-electron chi connectivity index (χ1n) is 12.8. The van der Waals surface area contributed by atoms with Gasteiger partial charge in [0.25, 0.3) is 0 Å². The third kappa shape index (κ3) is 10.9. The van der Waals surface area contributed by atoms with Gasteiger partial charge in [0.2, 0.25) is 0 Å². The highest BCUT2D eigenvalue weighted by Gasteiger charge is 2.38. The van der Waals surface area contributed by atoms with Gasteiger partial charge in [0.15, 0.2) is 14.6 Å². The molecule has 1 aliphatic rings. The summed E-state index contributed by atoms with van der Waals surface area (Å²) >= 11 is 0. The molecule has 1 fully saturated rings. The zero-order chi connectivity index (χ0) is 24.9. The zero-order valence-corrected chi connectivity index (χ0v) is 23.3. The number of benzene rings is 1. The molecule has 0 amide bonds. The largest absolute Gasteiger partial charge is 0.497 e. The van der Waals surface area contributed by atoms with E-state index in [1.807, 2.05) is 24.3 Å². The van der Waals surface area contributed by atoms with E-state index in [2.05, 4.69) is 45.7 Å². The van der Waals surface area contributed by atoms with Gasteiger partial charge in [0.1, 0.15) is 11.9 Å². The summed E-state index contributed by atoms with van der Waals surface area (Å²) in [6.07, 6.45) is 6.83. The van der Waals surface area contributed by atoms with Crippen LogP contribution in [-0.4, -0.2) is 47.6 Å². The highest BCUT2D eigenvalue weighted by molar-refractivity contribution is 6.74. The number of hydrogen-bond donors (Lipinski definition) is 0. The molecular weight excluding hydrogens is 444 g/mol. The van der Waals surface area contributed by atoms with Gasteiger partial charge in [-0.3, -0.25) is 0 Å². The maximum atomic E-state index is 6.64. The SMILES string of the molecule is COc1ccc(COCCC[C@H](C#CCCCOC2CCCCO2)O[Si](C)(C)C(C)(C)C)cc1. The predicted molar refractivity (Wildman–Crippen MR) is 141 cm³/mol. The molecule has 0 spiro atoms. The van der Waals surface area contributed by atoms with Gasteiger partial charge in [-0.05, 0) is 74.4 Å². The van der Waals surface area contributed by atoms with E-state index in [0.717, 1.165) is 56.4 Å². The molecule has 1 aliphatic heterocycles. The Balaban J connectivity index is 1.76. The molecule has 1 saturated heterocycles. The lowest BCUT2D eigenvalue weighted by atomic mass is 10.2. The zero-order valence-electron chi connectivity index (χ0n) is 22.3. The van der Waals surface area contributed by atoms with E-state index in [-0.39, 0.29) is 17.4 Å². The topological polar surface area (TPSA) is 46.2 Å². The fourth-order valence-corrected chi connectivity index (χ4v) is 4.62. The molecule has 1 aromatic carbocycles. The third-order valence-electron chi connectivity index (χ3n) is 6.58. The minimum Gasteiger partial charge on any atom is -0.497 e. The number of hydrogen-bond acceptors (Lipinski definition) is 5. The second kappa shape index (κ2) is 14.9. The minimum atomic E-state index is -1.89. The second-order valence-corrected chi connectivity index (χ2v) is 15.3. The Morgan fingerprint density at radius 1 is 1.09 bits per heavy atom. The summed E-state index contributed by atoms with van der Waals surface area (Å²) in [7, 11) is -0.215. The first kappa shape index (κ1) is 28.9. The van der Waals surface area contributed by atoms with Crippen molar-refractivity contribution in [3.8, 4) is 17.6 Å². The molecule has 0 aromatic heterocycles. The van der Waals surface area contributed by atoms with E-state index in [9.17, 15) is 0 Å². The molecule has 0 aliphatic carbocycles. The Bertz CT molecular complexity index is 739. The molecule has 0 N–H and O–H groups in total. The molecule has 192 valence electrons. The van der Waals surface area contributed by atoms with E-state index in [4.69, 9.17) is 23.4 Å². The lowest BCUT2D eigenvalue weighted by Crippen LogP contribution is -2.43. The highest BCUT2D eigenvalue weighted by Crippen LogP contribution is 2.37. The normalized spacial score (nSPS) is 17.6. The van der Waals surface area contributed by atoms with Gasteiger partial charge in [-0.2, -0.15) is 0 Å². The average Bonchev–Trinajstić information content (AvgIpc) is 2.81. The van der Waals surface area contributed by atoms with Gasteiger partial charge in [0, 0.05) is 19.6 Å². The highest BCUT2D eigenvalue weighted by atomic mass is 28.4. The molecule has 2 atom stereocenters.